The highest BCUT2D eigenvalue weighted by molar-refractivity contribution is 7.80. The average molecular weight is 919 g/mol. The third kappa shape index (κ3) is 35.4. The number of allylic oxidation sites excluding steroid dienone is 4. The van der Waals surface area contributed by atoms with E-state index in [1.807, 2.05) is 0 Å². The van der Waals surface area contributed by atoms with Crippen molar-refractivity contribution in [1.82, 2.24) is 0 Å². The van der Waals surface area contributed by atoms with E-state index in [4.69, 9.17) is 18.9 Å². The summed E-state index contributed by atoms with van der Waals surface area (Å²) in [7, 11) is -5.06. The molecular weight excluding hydrogens is 825 g/mol. The lowest BCUT2D eigenvalue weighted by atomic mass is 9.99. The molecule has 1 rings (SSSR count). The molecule has 0 aromatic rings. The van der Waals surface area contributed by atoms with Gasteiger partial charge in [0.2, 0.25) is 0 Å². The summed E-state index contributed by atoms with van der Waals surface area (Å²) in [5, 5.41) is 30.7. The van der Waals surface area contributed by atoms with E-state index in [0.717, 1.165) is 57.8 Å². The molecule has 0 aromatic heterocycles. The SMILES string of the molecule is CCCCCCC/C=C\CCCCCCCC(=O)OC(COCCCCCCCCCCCC/C=C\CCCCCCCCCC)COC1OC(CO)C(O)C(OS(=O)(=O)O)C1O. The Labute approximate surface area is 384 Å². The zero-order chi connectivity index (χ0) is 46.1. The Morgan fingerprint density at radius 2 is 1.00 bits per heavy atom. The summed E-state index contributed by atoms with van der Waals surface area (Å²) in [6, 6.07) is 0. The highest BCUT2D eigenvalue weighted by atomic mass is 32.3. The van der Waals surface area contributed by atoms with Crippen LogP contribution in [-0.4, -0.2) is 97.5 Å². The molecule has 1 heterocycles. The van der Waals surface area contributed by atoms with Crippen molar-refractivity contribution in [2.45, 2.75) is 263 Å². The molecule has 1 aliphatic rings. The van der Waals surface area contributed by atoms with Crippen LogP contribution in [0.15, 0.2) is 24.3 Å². The summed E-state index contributed by atoms with van der Waals surface area (Å²) >= 11 is 0. The van der Waals surface area contributed by atoms with E-state index in [-0.39, 0.29) is 19.6 Å². The molecule has 63 heavy (non-hydrogen) atoms. The highest BCUT2D eigenvalue weighted by Gasteiger charge is 2.48. The molecule has 6 unspecified atom stereocenters. The summed E-state index contributed by atoms with van der Waals surface area (Å²) in [5.74, 6) is -0.406. The molecule has 1 fully saturated rings. The van der Waals surface area contributed by atoms with E-state index >= 15 is 0 Å². The summed E-state index contributed by atoms with van der Waals surface area (Å²) in [5.41, 5.74) is 0. The number of aliphatic hydroxyl groups is 3. The Morgan fingerprint density at radius 3 is 1.43 bits per heavy atom. The number of rotatable bonds is 45. The van der Waals surface area contributed by atoms with Crippen LogP contribution in [0, 0.1) is 0 Å². The van der Waals surface area contributed by atoms with Crippen LogP contribution in [0.25, 0.3) is 0 Å². The minimum Gasteiger partial charge on any atom is -0.457 e. The number of esters is 1. The maximum absolute atomic E-state index is 12.9. The van der Waals surface area contributed by atoms with E-state index in [9.17, 15) is 33.1 Å². The van der Waals surface area contributed by atoms with Crippen molar-refractivity contribution in [3.63, 3.8) is 0 Å². The fourth-order valence-corrected chi connectivity index (χ4v) is 8.41. The highest BCUT2D eigenvalue weighted by Crippen LogP contribution is 2.26. The van der Waals surface area contributed by atoms with Crippen molar-refractivity contribution in [2.24, 2.45) is 0 Å². The first-order chi connectivity index (χ1) is 30.6. The molecule has 0 bridgehead atoms. The topological polar surface area (TPSA) is 178 Å². The van der Waals surface area contributed by atoms with Gasteiger partial charge in [-0.2, -0.15) is 8.42 Å². The molecule has 0 aromatic carbocycles. The van der Waals surface area contributed by atoms with Crippen molar-refractivity contribution in [2.75, 3.05) is 26.4 Å². The predicted molar refractivity (Wildman–Crippen MR) is 253 cm³/mol. The molecule has 1 saturated heterocycles. The van der Waals surface area contributed by atoms with Crippen molar-refractivity contribution in [1.29, 1.82) is 0 Å². The molecule has 4 N–H and O–H groups in total. The van der Waals surface area contributed by atoms with Gasteiger partial charge >= 0.3 is 16.4 Å². The van der Waals surface area contributed by atoms with Gasteiger partial charge in [-0.25, -0.2) is 4.18 Å². The minimum atomic E-state index is -5.06. The number of hydrogen-bond acceptors (Lipinski definition) is 11. The summed E-state index contributed by atoms with van der Waals surface area (Å²) in [4.78, 5) is 12.9. The molecule has 1 aliphatic heterocycles. The van der Waals surface area contributed by atoms with Crippen LogP contribution in [0.4, 0.5) is 0 Å². The van der Waals surface area contributed by atoms with Crippen LogP contribution in [0.2, 0.25) is 0 Å². The van der Waals surface area contributed by atoms with Gasteiger partial charge in [0.25, 0.3) is 0 Å². The number of aliphatic hydroxyl groups excluding tert-OH is 3. The normalized spacial score (nSPS) is 20.0. The maximum Gasteiger partial charge on any atom is 0.397 e. The quantitative estimate of drug-likeness (QED) is 0.0197. The lowest BCUT2D eigenvalue weighted by molar-refractivity contribution is -0.301. The Kier molecular flexibility index (Phi) is 39.7. The summed E-state index contributed by atoms with van der Waals surface area (Å²) < 4.78 is 59.2. The Balaban J connectivity index is 2.34. The van der Waals surface area contributed by atoms with Crippen molar-refractivity contribution >= 4 is 16.4 Å². The lowest BCUT2D eigenvalue weighted by Gasteiger charge is -2.41. The van der Waals surface area contributed by atoms with Crippen molar-refractivity contribution in [3.8, 4) is 0 Å². The monoisotopic (exact) mass is 919 g/mol. The maximum atomic E-state index is 12.9. The van der Waals surface area contributed by atoms with Gasteiger partial charge in [0.1, 0.15) is 30.5 Å². The van der Waals surface area contributed by atoms with Crippen LogP contribution < -0.4 is 0 Å². The van der Waals surface area contributed by atoms with E-state index < -0.39 is 59.8 Å². The van der Waals surface area contributed by atoms with E-state index in [1.165, 1.54) is 141 Å². The van der Waals surface area contributed by atoms with Crippen LogP contribution in [-0.2, 0) is 38.3 Å². The largest absolute Gasteiger partial charge is 0.457 e. The second kappa shape index (κ2) is 42.0. The van der Waals surface area contributed by atoms with Gasteiger partial charge in [-0.05, 0) is 64.2 Å². The third-order valence-electron chi connectivity index (χ3n) is 11.8. The molecule has 12 nitrogen and oxygen atoms in total. The molecule has 0 amide bonds. The van der Waals surface area contributed by atoms with Gasteiger partial charge in [0, 0.05) is 13.0 Å². The lowest BCUT2D eigenvalue weighted by Crippen LogP contribution is -2.60. The summed E-state index contributed by atoms with van der Waals surface area (Å²) in [6.45, 7) is 3.99. The van der Waals surface area contributed by atoms with Crippen LogP contribution in [0.5, 0.6) is 0 Å². The van der Waals surface area contributed by atoms with E-state index in [0.29, 0.717) is 13.0 Å². The first-order valence-electron chi connectivity index (χ1n) is 25.6. The average Bonchev–Trinajstić information content (AvgIpc) is 3.26. The molecule has 0 aliphatic carbocycles. The molecule has 0 radical (unpaired) electrons. The van der Waals surface area contributed by atoms with E-state index in [2.05, 4.69) is 42.3 Å². The smallest absolute Gasteiger partial charge is 0.397 e. The Hall–Kier alpha value is -1.42. The van der Waals surface area contributed by atoms with Gasteiger partial charge in [-0.15, -0.1) is 0 Å². The fraction of sp³-hybridized carbons (Fsp3) is 0.900. The molecule has 6 atom stereocenters. The van der Waals surface area contributed by atoms with Crippen LogP contribution in [0.1, 0.15) is 226 Å². The molecular formula is C50H94O12S. The standard InChI is InChI=1S/C50H94O12S/c1-3-5-7-9-11-13-15-17-19-20-21-22-23-24-25-26-28-30-32-34-36-38-40-58-42-44(43-59-50-48(54)49(62-63(55,56)57)47(53)45(41-51)61-50)60-46(52)39-37-35-33-31-29-27-18-16-14-12-10-8-6-4-2/h16,18,20-21,44-45,47-51,53-54H,3-15,17,19,22-43H2,1-2H3,(H,55,56,57)/b18-16-,21-20-. The molecule has 372 valence electrons. The van der Waals surface area contributed by atoms with Gasteiger partial charge in [-0.3, -0.25) is 9.35 Å². The van der Waals surface area contributed by atoms with Crippen molar-refractivity contribution < 1.29 is 56.2 Å². The van der Waals surface area contributed by atoms with Gasteiger partial charge in [0.05, 0.1) is 19.8 Å². The van der Waals surface area contributed by atoms with Gasteiger partial charge < -0.3 is 34.3 Å². The number of carbonyl (C=O) groups excluding carboxylic acids is 1. The number of carbonyl (C=O) groups is 1. The predicted octanol–water partition coefficient (Wildman–Crippen LogP) is 11.6. The van der Waals surface area contributed by atoms with Crippen LogP contribution in [0.3, 0.4) is 0 Å². The zero-order valence-electron chi connectivity index (χ0n) is 39.9. The number of ether oxygens (including phenoxy) is 4. The molecule has 0 saturated carbocycles. The molecule has 13 heteroatoms. The van der Waals surface area contributed by atoms with E-state index in [1.54, 1.807) is 0 Å². The Bertz CT molecular complexity index is 1200. The van der Waals surface area contributed by atoms with Gasteiger partial charge in [-0.1, -0.05) is 179 Å². The second-order valence-corrected chi connectivity index (χ2v) is 18.8. The number of unbranched alkanes of at least 4 members (excludes halogenated alkanes) is 28. The Morgan fingerprint density at radius 1 is 0.587 bits per heavy atom. The minimum absolute atomic E-state index is 0.0346. The summed E-state index contributed by atoms with van der Waals surface area (Å²) in [6.07, 6.45) is 39.3. The third-order valence-corrected chi connectivity index (χ3v) is 12.3. The first kappa shape index (κ1) is 59.6. The first-order valence-corrected chi connectivity index (χ1v) is 27.0. The van der Waals surface area contributed by atoms with Crippen LogP contribution >= 0.6 is 0 Å². The van der Waals surface area contributed by atoms with Crippen molar-refractivity contribution in [3.05, 3.63) is 24.3 Å². The fourth-order valence-electron chi connectivity index (χ4n) is 7.90. The number of hydrogen-bond donors (Lipinski definition) is 4. The van der Waals surface area contributed by atoms with Gasteiger partial charge in [0.15, 0.2) is 6.29 Å². The zero-order valence-corrected chi connectivity index (χ0v) is 40.7. The molecule has 0 spiro atoms. The second-order valence-electron chi connectivity index (χ2n) is 17.8.